The van der Waals surface area contributed by atoms with E-state index in [0.717, 1.165) is 11.1 Å². The lowest BCUT2D eigenvalue weighted by Crippen LogP contribution is -2.44. The van der Waals surface area contributed by atoms with Crippen molar-refractivity contribution in [2.75, 3.05) is 13.1 Å². The van der Waals surface area contributed by atoms with E-state index in [2.05, 4.69) is 16.0 Å². The quantitative estimate of drug-likeness (QED) is 0.0842. The number of ether oxygens (including phenoxy) is 2. The second-order valence-corrected chi connectivity index (χ2v) is 18.5. The molecule has 6 N–H and O–H groups in total. The number of nitrogens with one attached hydrogen (secondary N) is 3. The number of carbonyl (C=O) groups is 7. The molecule has 18 heteroatoms. The van der Waals surface area contributed by atoms with Gasteiger partial charge in [0.1, 0.15) is 18.0 Å². The number of fused-ring (bicyclic) bond motifs is 5. The van der Waals surface area contributed by atoms with Gasteiger partial charge in [0.25, 0.3) is 5.56 Å². The number of amides is 3. The number of hydrogen-bond acceptors (Lipinski definition) is 13. The number of halogens is 1. The molecular formula is C49H55FN6O11. The number of benzene rings is 2. The summed E-state index contributed by atoms with van der Waals surface area (Å²) < 4.78 is 27.3. The largest absolute Gasteiger partial charge is 0.460 e. The van der Waals surface area contributed by atoms with Crippen LogP contribution in [-0.2, 0) is 74.6 Å². The number of esters is 2. The molecule has 0 saturated carbocycles. The van der Waals surface area contributed by atoms with E-state index < -0.39 is 94.9 Å². The van der Waals surface area contributed by atoms with Crippen LogP contribution in [0.25, 0.3) is 22.3 Å². The second-order valence-electron chi connectivity index (χ2n) is 18.5. The third-order valence-electron chi connectivity index (χ3n) is 12.6. The number of carbonyl (C=O) groups excluding carboxylic acids is 7. The average molecular weight is 923 g/mol. The number of hydrogen-bond donors (Lipinski definition) is 5. The van der Waals surface area contributed by atoms with Gasteiger partial charge in [-0.3, -0.25) is 33.6 Å². The maximum atomic E-state index is 15.4. The lowest BCUT2D eigenvalue weighted by atomic mass is 9.81. The number of rotatable bonds is 17. The maximum absolute atomic E-state index is 15.4. The first-order chi connectivity index (χ1) is 31.7. The normalized spacial score (nSPS) is 17.9. The first-order valence-corrected chi connectivity index (χ1v) is 22.4. The zero-order valence-electron chi connectivity index (χ0n) is 38.1. The number of ketones is 2. The number of pyridine rings is 2. The van der Waals surface area contributed by atoms with Crippen molar-refractivity contribution in [1.82, 2.24) is 25.5 Å². The fourth-order valence-electron chi connectivity index (χ4n) is 9.14. The molecule has 67 heavy (non-hydrogen) atoms. The van der Waals surface area contributed by atoms with Crippen molar-refractivity contribution < 1.29 is 52.5 Å². The molecule has 0 bridgehead atoms. The number of aryl methyl sites for hydroxylation is 1. The molecule has 0 saturated heterocycles. The van der Waals surface area contributed by atoms with Gasteiger partial charge in [0.05, 0.1) is 60.6 Å². The molecule has 0 spiro atoms. The molecule has 4 heterocycles. The van der Waals surface area contributed by atoms with Crippen LogP contribution in [0.4, 0.5) is 4.39 Å². The highest BCUT2D eigenvalue weighted by Gasteiger charge is 2.46. The van der Waals surface area contributed by atoms with Crippen molar-refractivity contribution in [3.63, 3.8) is 0 Å². The van der Waals surface area contributed by atoms with Crippen molar-refractivity contribution in [3.8, 4) is 11.4 Å². The Morgan fingerprint density at radius 1 is 1.00 bits per heavy atom. The molecule has 354 valence electrons. The van der Waals surface area contributed by atoms with Crippen LogP contribution in [0.15, 0.2) is 47.3 Å². The van der Waals surface area contributed by atoms with Crippen LogP contribution in [0.5, 0.6) is 0 Å². The molecule has 4 aromatic rings. The fourth-order valence-corrected chi connectivity index (χ4v) is 9.14. The molecule has 7 rings (SSSR count). The number of aromatic nitrogens is 2. The van der Waals surface area contributed by atoms with Gasteiger partial charge < -0.3 is 40.8 Å². The van der Waals surface area contributed by atoms with Crippen molar-refractivity contribution in [2.24, 2.45) is 11.7 Å². The van der Waals surface area contributed by atoms with Crippen molar-refractivity contribution in [2.45, 2.75) is 122 Å². The number of aliphatic hydroxyl groups is 1. The lowest BCUT2D eigenvalue weighted by molar-refractivity contribution is -0.172. The summed E-state index contributed by atoms with van der Waals surface area (Å²) in [6.07, 6.45) is -0.313. The van der Waals surface area contributed by atoms with E-state index in [9.17, 15) is 43.5 Å². The standard InChI is InChI=1S/C49H55FN6O11/c1-6-49(65)32-18-37-44-30(23-56(37)46(63)31(32)24-66-47(49)64)43-35(13-12-29-25(2)33(50)19-36(55-44)42(29)43)54-40(60)22-53-45(62)27(16-26-10-8-7-9-11-26)17-28(57)21-52-39(59)15-14-38(58)34(51)20-41(61)67-48(3,4)5/h7-11,18-19,27,34-35,65H,6,12-17,20-24,51H2,1-5H3,(H,52,59)(H,53,62)(H,54,60)/t27-,34+,35?,49+/m1/s1. The van der Waals surface area contributed by atoms with Crippen LogP contribution in [0.1, 0.15) is 111 Å². The molecule has 0 fully saturated rings. The summed E-state index contributed by atoms with van der Waals surface area (Å²) in [7, 11) is 0. The maximum Gasteiger partial charge on any atom is 0.343 e. The van der Waals surface area contributed by atoms with E-state index >= 15 is 4.39 Å². The van der Waals surface area contributed by atoms with Crippen LogP contribution in [-0.4, -0.2) is 80.6 Å². The Kier molecular flexibility index (Phi) is 13.9. The summed E-state index contributed by atoms with van der Waals surface area (Å²) in [5, 5.41) is 20.2. The Labute approximate surface area is 385 Å². The van der Waals surface area contributed by atoms with Gasteiger partial charge in [0.2, 0.25) is 17.7 Å². The van der Waals surface area contributed by atoms with Gasteiger partial charge in [-0.05, 0) is 81.7 Å². The molecule has 17 nitrogen and oxygen atoms in total. The highest BCUT2D eigenvalue weighted by Crippen LogP contribution is 2.46. The third-order valence-corrected chi connectivity index (χ3v) is 12.6. The van der Waals surface area contributed by atoms with Crippen molar-refractivity contribution in [3.05, 3.63) is 97.6 Å². The fraction of sp³-hybridized carbons (Fsp3) is 0.449. The van der Waals surface area contributed by atoms with Crippen LogP contribution < -0.4 is 27.2 Å². The van der Waals surface area contributed by atoms with E-state index in [-0.39, 0.29) is 62.8 Å². The number of Topliss-reactive ketones (excluding diaryl/α,β-unsaturated/α-hetero) is 2. The van der Waals surface area contributed by atoms with Gasteiger partial charge in [-0.25, -0.2) is 14.2 Å². The molecule has 2 aromatic carbocycles. The van der Waals surface area contributed by atoms with E-state index in [1.54, 1.807) is 71.0 Å². The summed E-state index contributed by atoms with van der Waals surface area (Å²) in [6.45, 7) is 7.18. The van der Waals surface area contributed by atoms with Gasteiger partial charge in [-0.15, -0.1) is 0 Å². The molecule has 3 amide bonds. The summed E-state index contributed by atoms with van der Waals surface area (Å²) in [5.74, 6) is -5.62. The van der Waals surface area contributed by atoms with E-state index in [1.165, 1.54) is 10.6 Å². The highest BCUT2D eigenvalue weighted by molar-refractivity contribution is 5.96. The molecule has 2 aliphatic heterocycles. The third kappa shape index (κ3) is 10.2. The Morgan fingerprint density at radius 3 is 2.43 bits per heavy atom. The van der Waals surface area contributed by atoms with E-state index in [0.29, 0.717) is 51.8 Å². The van der Waals surface area contributed by atoms with Gasteiger partial charge in [0.15, 0.2) is 17.2 Å². The van der Waals surface area contributed by atoms with Gasteiger partial charge in [0, 0.05) is 47.8 Å². The SMILES string of the molecule is CC[C@@]1(O)C(=O)OCc2c1cc1n(c2=O)Cc2c-1nc1cc(F)c(C)c3c1c2C(NC(=O)CNC(=O)[C@@H](CC(=O)CNC(=O)CCC(=O)[C@@H](N)CC(=O)OC(C)(C)C)Cc1ccccc1)CC3. The monoisotopic (exact) mass is 922 g/mol. The second kappa shape index (κ2) is 19.3. The molecule has 0 radical (unpaired) electrons. The molecule has 1 aliphatic carbocycles. The molecule has 4 atom stereocenters. The summed E-state index contributed by atoms with van der Waals surface area (Å²) in [4.78, 5) is 110. The zero-order valence-corrected chi connectivity index (χ0v) is 38.1. The van der Waals surface area contributed by atoms with E-state index in [4.69, 9.17) is 20.2 Å². The number of cyclic esters (lactones) is 1. The Morgan fingerprint density at radius 2 is 1.73 bits per heavy atom. The van der Waals surface area contributed by atoms with Gasteiger partial charge in [-0.1, -0.05) is 37.3 Å². The number of nitrogens with two attached hydrogens (primary N) is 1. The summed E-state index contributed by atoms with van der Waals surface area (Å²) in [5.41, 5.74) is 7.00. The molecule has 2 aromatic heterocycles. The first-order valence-electron chi connectivity index (χ1n) is 22.4. The zero-order chi connectivity index (χ0) is 48.5. The highest BCUT2D eigenvalue weighted by atomic mass is 19.1. The molecule has 3 aliphatic rings. The average Bonchev–Trinajstić information content (AvgIpc) is 3.65. The summed E-state index contributed by atoms with van der Waals surface area (Å²) in [6, 6.07) is 10.0. The smallest absolute Gasteiger partial charge is 0.343 e. The summed E-state index contributed by atoms with van der Waals surface area (Å²) >= 11 is 0. The minimum atomic E-state index is -2.05. The van der Waals surface area contributed by atoms with E-state index in [1.807, 2.05) is 0 Å². The minimum absolute atomic E-state index is 0.0459. The van der Waals surface area contributed by atoms with Crippen LogP contribution in [0.3, 0.4) is 0 Å². The van der Waals surface area contributed by atoms with Crippen LogP contribution in [0.2, 0.25) is 0 Å². The molecule has 1 unspecified atom stereocenters. The number of nitrogens with zero attached hydrogens (tertiary/aromatic N) is 2. The van der Waals surface area contributed by atoms with Crippen LogP contribution in [0, 0.1) is 18.7 Å². The minimum Gasteiger partial charge on any atom is -0.460 e. The predicted octanol–water partition coefficient (Wildman–Crippen LogP) is 3.09. The van der Waals surface area contributed by atoms with Crippen LogP contribution >= 0.6 is 0 Å². The van der Waals surface area contributed by atoms with Gasteiger partial charge in [-0.2, -0.15) is 0 Å². The van der Waals surface area contributed by atoms with Crippen molar-refractivity contribution in [1.29, 1.82) is 0 Å². The first kappa shape index (κ1) is 48.3. The molecular weight excluding hydrogens is 868 g/mol. The Hall–Kier alpha value is -6.66. The lowest BCUT2D eigenvalue weighted by Gasteiger charge is -2.31. The Bertz CT molecular complexity index is 2770. The predicted molar refractivity (Wildman–Crippen MR) is 240 cm³/mol. The Balaban J connectivity index is 1.03. The topological polar surface area (TPSA) is 255 Å². The van der Waals surface area contributed by atoms with Crippen molar-refractivity contribution >= 4 is 52.1 Å². The van der Waals surface area contributed by atoms with Gasteiger partial charge >= 0.3 is 11.9 Å².